The van der Waals surface area contributed by atoms with Gasteiger partial charge in [-0.1, -0.05) is 47.6 Å². The zero-order valence-electron chi connectivity index (χ0n) is 29.1. The van der Waals surface area contributed by atoms with Gasteiger partial charge in [0.15, 0.2) is 11.5 Å². The summed E-state index contributed by atoms with van der Waals surface area (Å²) >= 11 is 0. The average molecular weight is 636 g/mol. The molecule has 0 saturated heterocycles. The molecule has 3 atom stereocenters. The minimum absolute atomic E-state index is 0.0172. The minimum atomic E-state index is -0.750. The molecule has 0 radical (unpaired) electrons. The van der Waals surface area contributed by atoms with Crippen molar-refractivity contribution in [2.45, 2.75) is 111 Å². The summed E-state index contributed by atoms with van der Waals surface area (Å²) in [6.45, 7) is 13.3. The zero-order valence-corrected chi connectivity index (χ0v) is 29.1. The van der Waals surface area contributed by atoms with E-state index in [1.165, 1.54) is 0 Å². The third kappa shape index (κ3) is 12.0. The van der Waals surface area contributed by atoms with Crippen LogP contribution in [0.4, 0.5) is 0 Å². The average Bonchev–Trinajstić information content (AvgIpc) is 3.01. The van der Waals surface area contributed by atoms with E-state index in [4.69, 9.17) is 30.4 Å². The number of esters is 1. The number of nitrogens with two attached hydrogens (primary N) is 2. The van der Waals surface area contributed by atoms with Gasteiger partial charge in [0.2, 0.25) is 0 Å². The van der Waals surface area contributed by atoms with Gasteiger partial charge in [-0.15, -0.1) is 0 Å². The summed E-state index contributed by atoms with van der Waals surface area (Å²) < 4.78 is 22.2. The number of methoxy groups -OCH3 is 2. The van der Waals surface area contributed by atoms with E-state index >= 15 is 0 Å². The van der Waals surface area contributed by atoms with E-state index in [0.29, 0.717) is 50.1 Å². The van der Waals surface area contributed by atoms with E-state index in [1.54, 1.807) is 14.2 Å². The van der Waals surface area contributed by atoms with Crippen molar-refractivity contribution in [3.8, 4) is 11.5 Å². The maximum Gasteiger partial charge on any atom is 0.323 e. The monoisotopic (exact) mass is 635 g/mol. The predicted molar refractivity (Wildman–Crippen MR) is 176 cm³/mol. The summed E-state index contributed by atoms with van der Waals surface area (Å²) in [5, 5.41) is 11.6. The van der Waals surface area contributed by atoms with Gasteiger partial charge in [-0.05, 0) is 86.3 Å². The van der Waals surface area contributed by atoms with Gasteiger partial charge in [-0.25, -0.2) is 5.06 Å². The quantitative estimate of drug-likeness (QED) is 0.0791. The van der Waals surface area contributed by atoms with Crippen LogP contribution in [0.15, 0.2) is 18.2 Å². The summed E-state index contributed by atoms with van der Waals surface area (Å²) in [7, 11) is 3.31. The van der Waals surface area contributed by atoms with Crippen molar-refractivity contribution in [3.63, 3.8) is 0 Å². The van der Waals surface area contributed by atoms with Gasteiger partial charge in [0, 0.05) is 38.1 Å². The van der Waals surface area contributed by atoms with Crippen molar-refractivity contribution in [2.75, 3.05) is 34.0 Å². The van der Waals surface area contributed by atoms with Gasteiger partial charge in [-0.2, -0.15) is 0 Å². The molecule has 1 fully saturated rings. The maximum atomic E-state index is 13.4. The number of carbonyl (C=O) groups excluding carboxylic acids is 2. The Labute approximate surface area is 271 Å². The number of hydrogen-bond acceptors (Lipinski definition) is 9. The molecule has 0 bridgehead atoms. The smallest absolute Gasteiger partial charge is 0.323 e. The molecule has 0 aromatic heterocycles. The van der Waals surface area contributed by atoms with Crippen molar-refractivity contribution >= 4 is 11.9 Å². The van der Waals surface area contributed by atoms with E-state index in [9.17, 15) is 14.8 Å². The summed E-state index contributed by atoms with van der Waals surface area (Å²) in [5.41, 5.74) is 12.9. The molecule has 10 heteroatoms. The van der Waals surface area contributed by atoms with Crippen molar-refractivity contribution in [3.05, 3.63) is 23.8 Å². The number of amides is 1. The molecule has 0 heterocycles. The summed E-state index contributed by atoms with van der Waals surface area (Å²) in [6.07, 6.45) is 5.55. The first-order valence-corrected chi connectivity index (χ1v) is 16.7. The van der Waals surface area contributed by atoms with Crippen molar-refractivity contribution in [1.82, 2.24) is 5.06 Å². The fraction of sp³-hybridized carbons (Fsp3) is 0.771. The fourth-order valence-electron chi connectivity index (χ4n) is 6.06. The van der Waals surface area contributed by atoms with Crippen LogP contribution in [0, 0.1) is 29.1 Å². The number of ether oxygens (including phenoxy) is 4. The van der Waals surface area contributed by atoms with Crippen LogP contribution in [0.3, 0.4) is 0 Å². The van der Waals surface area contributed by atoms with Gasteiger partial charge >= 0.3 is 5.97 Å². The van der Waals surface area contributed by atoms with E-state index in [-0.39, 0.29) is 42.4 Å². The lowest BCUT2D eigenvalue weighted by Gasteiger charge is -2.39. The number of hydrogen-bond donors (Lipinski definition) is 3. The number of rotatable bonds is 19. The highest BCUT2D eigenvalue weighted by Crippen LogP contribution is 2.40. The number of hydroxylamine groups is 2. The summed E-state index contributed by atoms with van der Waals surface area (Å²) in [5.74, 6) is 1.56. The van der Waals surface area contributed by atoms with Crippen LogP contribution >= 0.6 is 0 Å². The second-order valence-electron chi connectivity index (χ2n) is 14.0. The van der Waals surface area contributed by atoms with Crippen LogP contribution in [-0.2, 0) is 25.5 Å². The maximum absolute atomic E-state index is 13.4. The lowest BCUT2D eigenvalue weighted by atomic mass is 9.70. The molecule has 1 aliphatic rings. The Morgan fingerprint density at radius 3 is 2.24 bits per heavy atom. The van der Waals surface area contributed by atoms with Crippen LogP contribution in [-0.4, -0.2) is 74.3 Å². The Morgan fingerprint density at radius 2 is 1.67 bits per heavy atom. The Morgan fingerprint density at radius 1 is 1.00 bits per heavy atom. The molecule has 1 unspecified atom stereocenters. The zero-order chi connectivity index (χ0) is 33.7. The van der Waals surface area contributed by atoms with Crippen molar-refractivity contribution in [2.24, 2.45) is 40.6 Å². The molecule has 0 aliphatic heterocycles. The molecule has 258 valence electrons. The molecule has 1 aliphatic carbocycles. The molecule has 2 rings (SSSR count). The normalized spacial score (nSPS) is 19.2. The third-order valence-corrected chi connectivity index (χ3v) is 9.49. The standard InChI is InChI=1S/C35H61N3O7/c1-23(2)26(20-25-10-15-30(43-8)31(21-25)44-19-9-18-42-7)22-28(36)16-17-38(41)34(40)35(5,6)27-11-13-29(14-12-27)45-33(39)32(37)24(3)4/h10,15,21,23-24,26-29,32,41H,9,11-14,16-20,22,36-37H2,1-8H3/t26-,27?,28+,29?,32?/m0/s1. The fourth-order valence-corrected chi connectivity index (χ4v) is 6.06. The lowest BCUT2D eigenvalue weighted by Crippen LogP contribution is -2.46. The van der Waals surface area contributed by atoms with Crippen LogP contribution in [0.1, 0.15) is 92.1 Å². The molecule has 1 aromatic rings. The second kappa shape index (κ2) is 18.7. The van der Waals surface area contributed by atoms with Gasteiger partial charge in [0.05, 0.1) is 13.7 Å². The molecule has 1 aromatic carbocycles. The molecular weight excluding hydrogens is 574 g/mol. The van der Waals surface area contributed by atoms with Gasteiger partial charge in [0.25, 0.3) is 5.91 Å². The van der Waals surface area contributed by atoms with Crippen LogP contribution < -0.4 is 20.9 Å². The van der Waals surface area contributed by atoms with Gasteiger partial charge < -0.3 is 30.4 Å². The first kappa shape index (κ1) is 38.8. The molecule has 0 spiro atoms. The van der Waals surface area contributed by atoms with Crippen LogP contribution in [0.25, 0.3) is 0 Å². The third-order valence-electron chi connectivity index (χ3n) is 9.49. The highest BCUT2D eigenvalue weighted by molar-refractivity contribution is 5.81. The second-order valence-corrected chi connectivity index (χ2v) is 14.0. The minimum Gasteiger partial charge on any atom is -0.493 e. The molecular formula is C35H61N3O7. The first-order valence-electron chi connectivity index (χ1n) is 16.7. The van der Waals surface area contributed by atoms with Gasteiger partial charge in [0.1, 0.15) is 12.1 Å². The van der Waals surface area contributed by atoms with E-state index in [2.05, 4.69) is 19.9 Å². The molecule has 1 saturated carbocycles. The SMILES string of the molecule is COCCCOc1cc(C[C@@H](C[C@H](N)CCN(O)C(=O)C(C)(C)C2CCC(OC(=O)C(N)C(C)C)CC2)C(C)C)ccc1OC. The Balaban J connectivity index is 1.89. The molecule has 5 N–H and O–H groups in total. The predicted octanol–water partition coefficient (Wildman–Crippen LogP) is 5.36. The van der Waals surface area contributed by atoms with Gasteiger partial charge in [-0.3, -0.25) is 14.8 Å². The van der Waals surface area contributed by atoms with E-state index in [1.807, 2.05) is 39.8 Å². The highest BCUT2D eigenvalue weighted by atomic mass is 16.5. The molecule has 45 heavy (non-hydrogen) atoms. The Kier molecular flexibility index (Phi) is 16.1. The number of benzene rings is 1. The summed E-state index contributed by atoms with van der Waals surface area (Å²) in [6, 6.07) is 5.25. The van der Waals surface area contributed by atoms with E-state index in [0.717, 1.165) is 48.5 Å². The Hall–Kier alpha value is -2.40. The topological polar surface area (TPSA) is 147 Å². The highest BCUT2D eigenvalue weighted by Gasteiger charge is 2.42. The number of nitrogens with zero attached hydrogens (tertiary/aromatic N) is 1. The largest absolute Gasteiger partial charge is 0.493 e. The number of carbonyl (C=O) groups is 2. The van der Waals surface area contributed by atoms with Crippen LogP contribution in [0.2, 0.25) is 0 Å². The molecule has 10 nitrogen and oxygen atoms in total. The van der Waals surface area contributed by atoms with E-state index < -0.39 is 11.5 Å². The first-order chi connectivity index (χ1) is 21.2. The van der Waals surface area contributed by atoms with Crippen molar-refractivity contribution < 1.29 is 33.7 Å². The van der Waals surface area contributed by atoms with Crippen LogP contribution in [0.5, 0.6) is 11.5 Å². The Bertz CT molecular complexity index is 1040. The summed E-state index contributed by atoms with van der Waals surface area (Å²) in [4.78, 5) is 25.6. The van der Waals surface area contributed by atoms with Crippen molar-refractivity contribution in [1.29, 1.82) is 0 Å². The lowest BCUT2D eigenvalue weighted by molar-refractivity contribution is -0.180. The molecule has 1 amide bonds.